The van der Waals surface area contributed by atoms with E-state index in [-0.39, 0.29) is 23.6 Å². The third-order valence-corrected chi connectivity index (χ3v) is 7.90. The van der Waals surface area contributed by atoms with Crippen LogP contribution in [-0.4, -0.2) is 32.0 Å². The molecule has 0 bridgehead atoms. The summed E-state index contributed by atoms with van der Waals surface area (Å²) in [5.74, 6) is 2.16. The lowest BCUT2D eigenvalue weighted by Gasteiger charge is -2.37. The van der Waals surface area contributed by atoms with Gasteiger partial charge in [0.1, 0.15) is 11.4 Å². The lowest BCUT2D eigenvalue weighted by molar-refractivity contribution is 0.146. The van der Waals surface area contributed by atoms with Gasteiger partial charge in [0.15, 0.2) is 5.82 Å². The van der Waals surface area contributed by atoms with Crippen molar-refractivity contribution in [2.75, 3.05) is 10.6 Å². The van der Waals surface area contributed by atoms with Crippen molar-refractivity contribution < 1.29 is 8.78 Å². The molecule has 0 amide bonds. The summed E-state index contributed by atoms with van der Waals surface area (Å²) in [7, 11) is 0. The monoisotopic (exact) mass is 526 g/mol. The summed E-state index contributed by atoms with van der Waals surface area (Å²) in [4.78, 5) is 17.9. The fraction of sp³-hybridized carbons (Fsp3) is 0.355. The number of pyridine rings is 1. The van der Waals surface area contributed by atoms with E-state index in [0.29, 0.717) is 29.4 Å². The third kappa shape index (κ3) is 5.75. The zero-order valence-electron chi connectivity index (χ0n) is 22.1. The van der Waals surface area contributed by atoms with E-state index in [1.54, 1.807) is 12.1 Å². The van der Waals surface area contributed by atoms with Crippen LogP contribution in [0.15, 0.2) is 66.7 Å². The summed E-state index contributed by atoms with van der Waals surface area (Å²) in [6.45, 7) is 4.19. The van der Waals surface area contributed by atoms with E-state index in [9.17, 15) is 8.78 Å². The molecule has 0 spiro atoms. The van der Waals surface area contributed by atoms with Crippen LogP contribution in [0.3, 0.4) is 0 Å². The fourth-order valence-electron chi connectivity index (χ4n) is 5.38. The maximum absolute atomic E-state index is 13.3. The molecule has 0 radical (unpaired) electrons. The summed E-state index contributed by atoms with van der Waals surface area (Å²) < 4.78 is 26.7. The van der Waals surface area contributed by atoms with Gasteiger partial charge in [-0.3, -0.25) is 0 Å². The Morgan fingerprint density at radius 2 is 1.13 bits per heavy atom. The maximum Gasteiger partial charge on any atom is 0.280 e. The van der Waals surface area contributed by atoms with Crippen LogP contribution >= 0.6 is 0 Å². The molecule has 2 saturated carbocycles. The highest BCUT2D eigenvalue weighted by Crippen LogP contribution is 2.40. The molecule has 2 N–H and O–H groups in total. The van der Waals surface area contributed by atoms with Crippen molar-refractivity contribution in [3.8, 4) is 11.5 Å². The lowest BCUT2D eigenvalue weighted by atomic mass is 9.76. The number of nitrogens with one attached hydrogen (secondary N) is 2. The van der Waals surface area contributed by atoms with Gasteiger partial charge in [0, 0.05) is 12.1 Å². The van der Waals surface area contributed by atoms with Crippen molar-refractivity contribution in [3.05, 3.63) is 94.7 Å². The molecule has 6 rings (SSSR count). The second-order valence-electron chi connectivity index (χ2n) is 10.9. The topological polar surface area (TPSA) is 75.6 Å². The minimum Gasteiger partial charge on any atom is -0.351 e. The maximum atomic E-state index is 13.3. The summed E-state index contributed by atoms with van der Waals surface area (Å²) in [6.07, 6.45) is 1.25. The van der Waals surface area contributed by atoms with Gasteiger partial charge in [0.05, 0.1) is 0 Å². The van der Waals surface area contributed by atoms with E-state index in [0.717, 1.165) is 25.7 Å². The normalized spacial score (nSPS) is 22.2. The molecule has 4 aromatic rings. The Hall–Kier alpha value is -3.94. The number of aryl methyl sites for hydroxylation is 2. The molecule has 2 aliphatic rings. The highest BCUT2D eigenvalue weighted by Gasteiger charge is 2.33. The molecule has 2 heterocycles. The van der Waals surface area contributed by atoms with Crippen LogP contribution in [0, 0.1) is 13.8 Å². The van der Waals surface area contributed by atoms with E-state index in [2.05, 4.69) is 92.9 Å². The summed E-state index contributed by atoms with van der Waals surface area (Å²) in [6, 6.07) is 22.4. The van der Waals surface area contributed by atoms with Crippen LogP contribution in [0.2, 0.25) is 0 Å². The minimum absolute atomic E-state index is 0.231. The summed E-state index contributed by atoms with van der Waals surface area (Å²) in [5, 5.41) is 6.90. The van der Waals surface area contributed by atoms with Gasteiger partial charge >= 0.3 is 0 Å². The number of alkyl halides is 2. The molecule has 0 atom stereocenters. The number of anilines is 2. The second-order valence-corrected chi connectivity index (χ2v) is 10.9. The van der Waals surface area contributed by atoms with Crippen LogP contribution < -0.4 is 10.6 Å². The molecule has 2 aliphatic carbocycles. The average molecular weight is 527 g/mol. The second kappa shape index (κ2) is 10.7. The zero-order valence-corrected chi connectivity index (χ0v) is 22.1. The van der Waals surface area contributed by atoms with Gasteiger partial charge in [-0.05, 0) is 74.6 Å². The van der Waals surface area contributed by atoms with Crippen LogP contribution in [0.4, 0.5) is 20.7 Å². The fourth-order valence-corrected chi connectivity index (χ4v) is 5.38. The number of aromatic nitrogens is 4. The predicted octanol–water partition coefficient (Wildman–Crippen LogP) is 7.20. The SMILES string of the molecule is Cc1ccc(C2CC(Nc3nc(NC4CC(c5ccc(C)cc5)C4)nc(-c4cccc(C(F)F)n4)n3)C2)cc1. The van der Waals surface area contributed by atoms with Crippen molar-refractivity contribution >= 4 is 11.9 Å². The number of rotatable bonds is 8. The number of hydrogen-bond acceptors (Lipinski definition) is 6. The van der Waals surface area contributed by atoms with Crippen molar-refractivity contribution in [2.45, 2.75) is 69.9 Å². The third-order valence-electron chi connectivity index (χ3n) is 7.90. The Balaban J connectivity index is 1.18. The Kier molecular flexibility index (Phi) is 6.94. The van der Waals surface area contributed by atoms with Gasteiger partial charge in [0.25, 0.3) is 6.43 Å². The van der Waals surface area contributed by atoms with Gasteiger partial charge in [-0.2, -0.15) is 15.0 Å². The van der Waals surface area contributed by atoms with Gasteiger partial charge in [-0.15, -0.1) is 0 Å². The molecule has 0 aliphatic heterocycles. The number of benzene rings is 2. The number of nitrogens with zero attached hydrogens (tertiary/aromatic N) is 4. The molecule has 8 heteroatoms. The Morgan fingerprint density at radius 1 is 0.641 bits per heavy atom. The van der Waals surface area contributed by atoms with Crippen molar-refractivity contribution in [2.24, 2.45) is 0 Å². The van der Waals surface area contributed by atoms with Gasteiger partial charge in [-0.25, -0.2) is 13.8 Å². The van der Waals surface area contributed by atoms with Crippen molar-refractivity contribution in [1.29, 1.82) is 0 Å². The van der Waals surface area contributed by atoms with E-state index < -0.39 is 6.43 Å². The summed E-state index contributed by atoms with van der Waals surface area (Å²) in [5.41, 5.74) is 5.21. The highest BCUT2D eigenvalue weighted by molar-refractivity contribution is 5.54. The average Bonchev–Trinajstić information content (AvgIpc) is 2.89. The van der Waals surface area contributed by atoms with Crippen molar-refractivity contribution in [3.63, 3.8) is 0 Å². The summed E-state index contributed by atoms with van der Waals surface area (Å²) >= 11 is 0. The molecule has 0 saturated heterocycles. The van der Waals surface area contributed by atoms with Crippen LogP contribution in [0.1, 0.15) is 71.9 Å². The van der Waals surface area contributed by atoms with E-state index in [1.165, 1.54) is 28.3 Å². The first-order valence-electron chi connectivity index (χ1n) is 13.6. The Labute approximate surface area is 227 Å². The van der Waals surface area contributed by atoms with Crippen LogP contribution in [0.25, 0.3) is 11.5 Å². The van der Waals surface area contributed by atoms with Gasteiger partial charge in [-0.1, -0.05) is 65.7 Å². The van der Waals surface area contributed by atoms with Crippen molar-refractivity contribution in [1.82, 2.24) is 19.9 Å². The minimum atomic E-state index is -2.66. The van der Waals surface area contributed by atoms with Gasteiger partial charge < -0.3 is 10.6 Å². The first kappa shape index (κ1) is 25.3. The van der Waals surface area contributed by atoms with Crippen LogP contribution in [-0.2, 0) is 0 Å². The zero-order chi connectivity index (χ0) is 26.9. The highest BCUT2D eigenvalue weighted by atomic mass is 19.3. The quantitative estimate of drug-likeness (QED) is 0.253. The molecule has 6 nitrogen and oxygen atoms in total. The molecule has 39 heavy (non-hydrogen) atoms. The molecular formula is C31H32F2N6. The van der Waals surface area contributed by atoms with E-state index in [4.69, 9.17) is 0 Å². The number of hydrogen-bond donors (Lipinski definition) is 2. The standard InChI is InChI=1S/C31H32F2N6/c1-18-6-10-20(11-7-18)22-14-24(15-22)34-30-37-29(27-5-3-4-26(36-27)28(32)33)38-31(39-30)35-25-16-23(17-25)21-12-8-19(2)9-13-21/h3-13,22-25,28H,14-17H2,1-2H3,(H2,34,35,37,38,39). The molecule has 2 aromatic carbocycles. The Morgan fingerprint density at radius 3 is 1.59 bits per heavy atom. The largest absolute Gasteiger partial charge is 0.351 e. The van der Waals surface area contributed by atoms with Crippen LogP contribution in [0.5, 0.6) is 0 Å². The van der Waals surface area contributed by atoms with E-state index >= 15 is 0 Å². The van der Waals surface area contributed by atoms with Gasteiger partial charge in [0.2, 0.25) is 11.9 Å². The lowest BCUT2D eigenvalue weighted by Crippen LogP contribution is -2.36. The predicted molar refractivity (Wildman–Crippen MR) is 149 cm³/mol. The molecule has 200 valence electrons. The first-order chi connectivity index (χ1) is 18.9. The molecule has 2 aromatic heterocycles. The first-order valence-corrected chi connectivity index (χ1v) is 13.6. The van der Waals surface area contributed by atoms with E-state index in [1.807, 2.05) is 0 Å². The molecule has 2 fully saturated rings. The molecule has 0 unspecified atom stereocenters. The smallest absolute Gasteiger partial charge is 0.280 e. The Bertz CT molecular complexity index is 1350. The number of halogens is 2. The molecular weight excluding hydrogens is 494 g/mol.